The van der Waals surface area contributed by atoms with Gasteiger partial charge in [0.25, 0.3) is 0 Å². The molecule has 1 unspecified atom stereocenters. The van der Waals surface area contributed by atoms with Crippen LogP contribution in [0.25, 0.3) is 0 Å². The van der Waals surface area contributed by atoms with Gasteiger partial charge in [-0.15, -0.1) is 0 Å². The van der Waals surface area contributed by atoms with Crippen LogP contribution < -0.4 is 11.1 Å². The number of nitrogens with one attached hydrogen (secondary N) is 2. The topological polar surface area (TPSA) is 81.8 Å². The van der Waals surface area contributed by atoms with Gasteiger partial charge in [-0.1, -0.05) is 0 Å². The second-order valence-electron chi connectivity index (χ2n) is 4.24. The van der Waals surface area contributed by atoms with E-state index in [0.717, 1.165) is 12.5 Å². The molecular formula is C11H18N6. The van der Waals surface area contributed by atoms with Crippen LogP contribution in [0.4, 0.5) is 0 Å². The van der Waals surface area contributed by atoms with E-state index in [1.54, 1.807) is 0 Å². The molecule has 2 rings (SSSR count). The molecule has 1 aliphatic heterocycles. The van der Waals surface area contributed by atoms with Crippen molar-refractivity contribution in [2.75, 3.05) is 7.05 Å². The summed E-state index contributed by atoms with van der Waals surface area (Å²) in [5.74, 6) is 1.17. The zero-order valence-corrected chi connectivity index (χ0v) is 10.4. The Hall–Kier alpha value is -1.98. The summed E-state index contributed by atoms with van der Waals surface area (Å²) < 4.78 is 0. The zero-order valence-electron chi connectivity index (χ0n) is 10.4. The number of rotatable bonds is 2. The normalized spacial score (nSPS) is 19.4. The van der Waals surface area contributed by atoms with Gasteiger partial charge < -0.3 is 15.6 Å². The summed E-state index contributed by atoms with van der Waals surface area (Å²) in [7, 11) is 1.98. The summed E-state index contributed by atoms with van der Waals surface area (Å²) in [4.78, 5) is 13.6. The number of aromatic nitrogens is 1. The first-order valence-electron chi connectivity index (χ1n) is 5.57. The first kappa shape index (κ1) is 11.5. The van der Waals surface area contributed by atoms with Crippen LogP contribution >= 0.6 is 0 Å². The Bertz CT molecular complexity index is 458. The molecule has 0 saturated carbocycles. The SMILES string of the molecule is Cc1c[nH]cc1CN(C)C1=NC(C)N=C(N)N1. The third-order valence-electron chi connectivity index (χ3n) is 2.71. The molecule has 1 aromatic heterocycles. The monoisotopic (exact) mass is 234 g/mol. The fourth-order valence-corrected chi connectivity index (χ4v) is 1.75. The average Bonchev–Trinajstić information content (AvgIpc) is 2.63. The maximum atomic E-state index is 5.68. The Kier molecular flexibility index (Phi) is 3.03. The lowest BCUT2D eigenvalue weighted by molar-refractivity contribution is 0.477. The molecule has 2 heterocycles. The summed E-state index contributed by atoms with van der Waals surface area (Å²) in [5.41, 5.74) is 8.16. The van der Waals surface area contributed by atoms with Crippen molar-refractivity contribution in [3.8, 4) is 0 Å². The second kappa shape index (κ2) is 4.48. The van der Waals surface area contributed by atoms with Crippen LogP contribution in [-0.2, 0) is 6.54 Å². The van der Waals surface area contributed by atoms with Crippen LogP contribution in [0, 0.1) is 6.92 Å². The zero-order chi connectivity index (χ0) is 12.4. The Morgan fingerprint density at radius 2 is 2.18 bits per heavy atom. The van der Waals surface area contributed by atoms with E-state index in [2.05, 4.69) is 27.2 Å². The number of hydrogen-bond donors (Lipinski definition) is 3. The van der Waals surface area contributed by atoms with Gasteiger partial charge in [-0.05, 0) is 25.0 Å². The molecule has 6 heteroatoms. The van der Waals surface area contributed by atoms with Crippen molar-refractivity contribution in [1.29, 1.82) is 0 Å². The molecule has 0 fully saturated rings. The van der Waals surface area contributed by atoms with Crippen molar-refractivity contribution in [2.24, 2.45) is 15.7 Å². The van der Waals surface area contributed by atoms with E-state index >= 15 is 0 Å². The van der Waals surface area contributed by atoms with Gasteiger partial charge in [-0.25, -0.2) is 9.98 Å². The molecule has 1 atom stereocenters. The number of hydrogen-bond acceptors (Lipinski definition) is 5. The highest BCUT2D eigenvalue weighted by atomic mass is 15.4. The van der Waals surface area contributed by atoms with Crippen molar-refractivity contribution in [3.05, 3.63) is 23.5 Å². The van der Waals surface area contributed by atoms with Gasteiger partial charge in [0.1, 0.15) is 6.17 Å². The van der Waals surface area contributed by atoms with Gasteiger partial charge in [-0.3, -0.25) is 5.32 Å². The van der Waals surface area contributed by atoms with Crippen LogP contribution in [0.5, 0.6) is 0 Å². The number of aryl methyl sites for hydroxylation is 1. The van der Waals surface area contributed by atoms with E-state index in [9.17, 15) is 0 Å². The molecule has 0 radical (unpaired) electrons. The number of guanidine groups is 2. The number of H-pyrrole nitrogens is 1. The van der Waals surface area contributed by atoms with E-state index in [1.165, 1.54) is 11.1 Å². The quantitative estimate of drug-likeness (QED) is 0.691. The van der Waals surface area contributed by atoms with Crippen LogP contribution in [0.1, 0.15) is 18.1 Å². The number of aromatic amines is 1. The summed E-state index contributed by atoms with van der Waals surface area (Å²) in [6.45, 7) is 4.76. The number of nitrogens with zero attached hydrogens (tertiary/aromatic N) is 3. The van der Waals surface area contributed by atoms with Crippen molar-refractivity contribution < 1.29 is 0 Å². The van der Waals surface area contributed by atoms with E-state index in [1.807, 2.05) is 31.3 Å². The summed E-state index contributed by atoms with van der Waals surface area (Å²) in [6, 6.07) is 0. The molecule has 4 N–H and O–H groups in total. The fourth-order valence-electron chi connectivity index (χ4n) is 1.75. The third-order valence-corrected chi connectivity index (χ3v) is 2.71. The predicted molar refractivity (Wildman–Crippen MR) is 68.7 cm³/mol. The van der Waals surface area contributed by atoms with Crippen molar-refractivity contribution >= 4 is 11.9 Å². The highest BCUT2D eigenvalue weighted by Gasteiger charge is 2.15. The van der Waals surface area contributed by atoms with Gasteiger partial charge >= 0.3 is 0 Å². The minimum Gasteiger partial charge on any atom is -0.370 e. The highest BCUT2D eigenvalue weighted by molar-refractivity contribution is 5.99. The minimum atomic E-state index is -0.124. The standard InChI is InChI=1S/C11H18N6/c1-7-4-13-5-9(7)6-17(3)11-15-8(2)14-10(12)16-11/h4-5,8,13H,6H2,1-3H3,(H3,12,14,15,16). The van der Waals surface area contributed by atoms with Gasteiger partial charge in [0.15, 0.2) is 5.96 Å². The highest BCUT2D eigenvalue weighted by Crippen LogP contribution is 2.09. The molecule has 0 aromatic carbocycles. The van der Waals surface area contributed by atoms with Crippen LogP contribution in [-0.4, -0.2) is 35.0 Å². The summed E-state index contributed by atoms with van der Waals surface area (Å²) in [5, 5.41) is 2.97. The molecule has 6 nitrogen and oxygen atoms in total. The van der Waals surface area contributed by atoms with Crippen molar-refractivity contribution in [2.45, 2.75) is 26.6 Å². The minimum absolute atomic E-state index is 0.124. The van der Waals surface area contributed by atoms with Crippen molar-refractivity contribution in [3.63, 3.8) is 0 Å². The van der Waals surface area contributed by atoms with Gasteiger partial charge in [0.05, 0.1) is 0 Å². The Balaban J connectivity index is 2.06. The maximum Gasteiger partial charge on any atom is 0.202 e. The number of nitrogens with two attached hydrogens (primary N) is 1. The first-order valence-corrected chi connectivity index (χ1v) is 5.57. The molecule has 1 aromatic rings. The van der Waals surface area contributed by atoms with E-state index < -0.39 is 0 Å². The molecule has 0 amide bonds. The fraction of sp³-hybridized carbons (Fsp3) is 0.455. The smallest absolute Gasteiger partial charge is 0.202 e. The Morgan fingerprint density at radius 1 is 1.41 bits per heavy atom. The summed E-state index contributed by atoms with van der Waals surface area (Å²) in [6.07, 6.45) is 3.86. The third kappa shape index (κ3) is 2.58. The molecule has 0 spiro atoms. The molecule has 92 valence electrons. The van der Waals surface area contributed by atoms with Gasteiger partial charge in [0.2, 0.25) is 5.96 Å². The molecule has 1 aliphatic rings. The lowest BCUT2D eigenvalue weighted by atomic mass is 10.2. The van der Waals surface area contributed by atoms with E-state index in [0.29, 0.717) is 5.96 Å². The molecule has 0 bridgehead atoms. The molecular weight excluding hydrogens is 216 g/mol. The predicted octanol–water partition coefficient (Wildman–Crippen LogP) is 0.375. The maximum absolute atomic E-state index is 5.68. The van der Waals surface area contributed by atoms with Crippen LogP contribution in [0.2, 0.25) is 0 Å². The first-order chi connectivity index (χ1) is 8.06. The van der Waals surface area contributed by atoms with Gasteiger partial charge in [-0.2, -0.15) is 0 Å². The Labute approximate surface area is 101 Å². The molecule has 0 saturated heterocycles. The van der Waals surface area contributed by atoms with E-state index in [-0.39, 0.29) is 6.17 Å². The average molecular weight is 234 g/mol. The van der Waals surface area contributed by atoms with Crippen LogP contribution in [0.3, 0.4) is 0 Å². The number of aliphatic imine (C=N–C) groups is 2. The van der Waals surface area contributed by atoms with Crippen molar-refractivity contribution in [1.82, 2.24) is 15.2 Å². The molecule has 0 aliphatic carbocycles. The second-order valence-corrected chi connectivity index (χ2v) is 4.24. The summed E-state index contributed by atoms with van der Waals surface area (Å²) >= 11 is 0. The van der Waals surface area contributed by atoms with Gasteiger partial charge in [0, 0.05) is 26.0 Å². The van der Waals surface area contributed by atoms with E-state index in [4.69, 9.17) is 5.73 Å². The Morgan fingerprint density at radius 3 is 2.76 bits per heavy atom. The largest absolute Gasteiger partial charge is 0.370 e. The van der Waals surface area contributed by atoms with Crippen LogP contribution in [0.15, 0.2) is 22.4 Å². The lowest BCUT2D eigenvalue weighted by Crippen LogP contribution is -2.48. The lowest BCUT2D eigenvalue weighted by Gasteiger charge is -2.25. The molecule has 17 heavy (non-hydrogen) atoms.